The molecule has 0 amide bonds. The Morgan fingerprint density at radius 2 is 0.859 bits per heavy atom. The molecular weight excluding hydrogens is 775 g/mol. The van der Waals surface area contributed by atoms with E-state index >= 15 is 0 Å². The van der Waals surface area contributed by atoms with Gasteiger partial charge >= 0.3 is 0 Å². The van der Waals surface area contributed by atoms with Crippen LogP contribution in [0.25, 0.3) is 44.2 Å². The van der Waals surface area contributed by atoms with Gasteiger partial charge in [0.05, 0.1) is 27.9 Å². The van der Waals surface area contributed by atoms with Crippen LogP contribution < -0.4 is 4.90 Å². The average Bonchev–Trinajstić information content (AvgIpc) is 3.63. The summed E-state index contributed by atoms with van der Waals surface area (Å²) in [5, 5.41) is 2.50. The van der Waals surface area contributed by atoms with Crippen molar-refractivity contribution in [3.8, 4) is 33.4 Å². The Hall–Kier alpha value is -8.40. The van der Waals surface area contributed by atoms with E-state index < -0.39 is 5.41 Å². The highest BCUT2D eigenvalue weighted by atomic mass is 15.2. The van der Waals surface area contributed by atoms with Crippen LogP contribution in [0.3, 0.4) is 0 Å². The molecule has 1 aliphatic carbocycles. The first-order valence-corrected chi connectivity index (χ1v) is 22.0. The van der Waals surface area contributed by atoms with Crippen molar-refractivity contribution in [3.05, 3.63) is 276 Å². The molecule has 0 fully saturated rings. The van der Waals surface area contributed by atoms with E-state index in [1.807, 2.05) is 12.1 Å². The summed E-state index contributed by atoms with van der Waals surface area (Å²) in [7, 11) is 0. The van der Waals surface area contributed by atoms with Crippen molar-refractivity contribution >= 4 is 45.2 Å². The Morgan fingerprint density at radius 1 is 0.344 bits per heavy atom. The van der Waals surface area contributed by atoms with Gasteiger partial charge in [-0.15, -0.1) is 0 Å². The minimum absolute atomic E-state index is 0.519. The molecule has 1 spiro atoms. The summed E-state index contributed by atoms with van der Waals surface area (Å²) < 4.78 is 2.27. The van der Waals surface area contributed by atoms with E-state index in [0.29, 0.717) is 0 Å². The number of para-hydroxylation sites is 3. The molecule has 3 nitrogen and oxygen atoms in total. The largest absolute Gasteiger partial charge is 0.310 e. The van der Waals surface area contributed by atoms with Gasteiger partial charge in [0.15, 0.2) is 0 Å². The number of benzene rings is 10. The zero-order chi connectivity index (χ0) is 42.2. The summed E-state index contributed by atoms with van der Waals surface area (Å²) >= 11 is 0. The Morgan fingerprint density at radius 3 is 1.55 bits per heavy atom. The van der Waals surface area contributed by atoms with Crippen molar-refractivity contribution in [2.45, 2.75) is 5.41 Å². The van der Waals surface area contributed by atoms with Crippen LogP contribution in [0.2, 0.25) is 0 Å². The third-order valence-electron chi connectivity index (χ3n) is 13.5. The van der Waals surface area contributed by atoms with Gasteiger partial charge in [0, 0.05) is 5.69 Å². The first-order chi connectivity index (χ1) is 31.7. The number of hydrogen-bond donors (Lipinski definition) is 0. The fourth-order valence-corrected chi connectivity index (χ4v) is 10.6. The predicted molar refractivity (Wildman–Crippen MR) is 264 cm³/mol. The van der Waals surface area contributed by atoms with Crippen LogP contribution in [-0.2, 0) is 5.41 Å². The van der Waals surface area contributed by atoms with E-state index in [1.54, 1.807) is 0 Å². The van der Waals surface area contributed by atoms with Crippen LogP contribution in [-0.4, -0.2) is 16.2 Å². The molecule has 13 rings (SSSR count). The second-order valence-electron chi connectivity index (χ2n) is 16.9. The first-order valence-electron chi connectivity index (χ1n) is 22.0. The van der Waals surface area contributed by atoms with Gasteiger partial charge < -0.3 is 4.90 Å². The summed E-state index contributed by atoms with van der Waals surface area (Å²) in [5.41, 5.74) is 18.8. The first kappa shape index (κ1) is 36.3. The number of amidine groups is 2. The van der Waals surface area contributed by atoms with Crippen LogP contribution >= 0.6 is 0 Å². The fraction of sp³-hybridized carbons (Fsp3) is 0.0164. The number of hydrogen-bond acceptors (Lipinski definition) is 2. The monoisotopic (exact) mass is 814 g/mol. The molecule has 2 aliphatic heterocycles. The molecular formula is C61H40N3+. The van der Waals surface area contributed by atoms with Crippen LogP contribution in [0, 0.1) is 0 Å². The number of fused-ring (bicyclic) bond motifs is 10. The van der Waals surface area contributed by atoms with E-state index in [0.717, 1.165) is 34.2 Å². The van der Waals surface area contributed by atoms with Crippen LogP contribution in [0.4, 0.5) is 22.7 Å². The summed E-state index contributed by atoms with van der Waals surface area (Å²) in [6.45, 7) is 0. The van der Waals surface area contributed by atoms with Crippen molar-refractivity contribution in [2.75, 3.05) is 4.90 Å². The zero-order valence-corrected chi connectivity index (χ0v) is 34.9. The van der Waals surface area contributed by atoms with Crippen LogP contribution in [0.5, 0.6) is 0 Å². The molecule has 3 heteroatoms. The lowest BCUT2D eigenvalue weighted by Gasteiger charge is -2.45. The number of nitrogens with zero attached hydrogens (tertiary/aromatic N) is 3. The molecule has 298 valence electrons. The highest BCUT2D eigenvalue weighted by molar-refractivity contribution is 6.16. The normalized spacial score (nSPS) is 14.1. The molecule has 0 bridgehead atoms. The van der Waals surface area contributed by atoms with Crippen LogP contribution in [0.15, 0.2) is 248 Å². The molecule has 3 aliphatic rings. The topological polar surface area (TPSA) is 18.6 Å². The van der Waals surface area contributed by atoms with Crippen molar-refractivity contribution in [2.24, 2.45) is 4.99 Å². The van der Waals surface area contributed by atoms with Gasteiger partial charge in [-0.1, -0.05) is 163 Å². The minimum Gasteiger partial charge on any atom is -0.310 e. The van der Waals surface area contributed by atoms with Crippen molar-refractivity contribution in [3.63, 3.8) is 0 Å². The lowest BCUT2D eigenvalue weighted by atomic mass is 9.64. The van der Waals surface area contributed by atoms with Crippen LogP contribution in [0.1, 0.15) is 33.4 Å². The Bertz CT molecular complexity index is 3480. The van der Waals surface area contributed by atoms with E-state index in [9.17, 15) is 0 Å². The maximum atomic E-state index is 5.02. The highest BCUT2D eigenvalue weighted by Gasteiger charge is 2.52. The molecule has 0 N–H and O–H groups in total. The van der Waals surface area contributed by atoms with E-state index in [-0.39, 0.29) is 0 Å². The summed E-state index contributed by atoms with van der Waals surface area (Å²) in [6, 6.07) is 88.6. The molecule has 0 unspecified atom stereocenters. The van der Waals surface area contributed by atoms with Gasteiger partial charge in [0.1, 0.15) is 5.69 Å². The van der Waals surface area contributed by atoms with Gasteiger partial charge in [-0.3, -0.25) is 0 Å². The van der Waals surface area contributed by atoms with E-state index in [4.69, 9.17) is 4.99 Å². The average molecular weight is 815 g/mol. The summed E-state index contributed by atoms with van der Waals surface area (Å²) in [5.74, 6) is 1.91. The molecule has 0 saturated heterocycles. The molecule has 10 aromatic carbocycles. The lowest BCUT2D eigenvalue weighted by molar-refractivity contribution is -0.319. The molecule has 10 aromatic rings. The number of aliphatic imine (C=N–C) groups is 1. The van der Waals surface area contributed by atoms with Crippen molar-refractivity contribution in [1.82, 2.24) is 0 Å². The number of anilines is 3. The van der Waals surface area contributed by atoms with E-state index in [1.165, 1.54) is 77.8 Å². The summed E-state index contributed by atoms with van der Waals surface area (Å²) in [4.78, 5) is 7.47. The van der Waals surface area contributed by atoms with E-state index in [2.05, 4.69) is 240 Å². The predicted octanol–water partition coefficient (Wildman–Crippen LogP) is 14.9. The van der Waals surface area contributed by atoms with Gasteiger partial charge in [0.25, 0.3) is 11.7 Å². The smallest absolute Gasteiger partial charge is 0.279 e. The highest BCUT2D eigenvalue weighted by Crippen LogP contribution is 2.64. The van der Waals surface area contributed by atoms with Gasteiger partial charge in [0.2, 0.25) is 0 Å². The maximum absolute atomic E-state index is 5.02. The zero-order valence-electron chi connectivity index (χ0n) is 34.9. The Labute approximate surface area is 372 Å². The quantitative estimate of drug-likeness (QED) is 0.153. The van der Waals surface area contributed by atoms with Crippen molar-refractivity contribution in [1.29, 1.82) is 0 Å². The molecule has 0 saturated carbocycles. The second-order valence-corrected chi connectivity index (χ2v) is 16.9. The molecule has 2 heterocycles. The second kappa shape index (κ2) is 14.3. The third kappa shape index (κ3) is 5.41. The standard InChI is InChI=1S/C61H40N3/c1-4-17-42(18-5-1)59-62-60(43-19-6-2-7-20-43)64(59)50-34-31-41(32-35-50)44-23-16-24-45(37-44)48-33-36-53-51(39-48)52-38-46-21-10-11-22-47(46)40-56(52)61(53)54-27-12-14-29-57(54)63(49-25-8-3-9-26-49)58-30-15-13-28-55(58)61/h1-40H/q+1. The SMILES string of the molecule is c1ccc(C2=NC(c3ccccc3)=[N+]2c2ccc(-c3cccc(-c4ccc5c(c4)-c4cc6ccccc6cc4C54c5ccccc5N(c5ccccc5)c5ccccc54)c3)cc2)cc1. The number of rotatable bonds is 6. The van der Waals surface area contributed by atoms with Gasteiger partial charge in [-0.25, -0.2) is 0 Å². The summed E-state index contributed by atoms with van der Waals surface area (Å²) in [6.07, 6.45) is 0. The Kier molecular flexibility index (Phi) is 8.13. The lowest BCUT2D eigenvalue weighted by Crippen LogP contribution is -2.36. The maximum Gasteiger partial charge on any atom is 0.279 e. The van der Waals surface area contributed by atoms with Crippen molar-refractivity contribution < 1.29 is 4.58 Å². The van der Waals surface area contributed by atoms with Gasteiger partial charge in [-0.05, 0) is 151 Å². The molecule has 64 heavy (non-hydrogen) atoms. The fourth-order valence-electron chi connectivity index (χ4n) is 10.6. The molecule has 0 atom stereocenters. The van der Waals surface area contributed by atoms with Gasteiger partial charge in [-0.2, -0.15) is 4.58 Å². The Balaban J connectivity index is 0.935. The third-order valence-corrected chi connectivity index (χ3v) is 13.5. The minimum atomic E-state index is -0.519. The molecule has 0 radical (unpaired) electrons. The molecule has 0 aromatic heterocycles.